The van der Waals surface area contributed by atoms with E-state index in [1.807, 2.05) is 12.1 Å². The third-order valence-corrected chi connectivity index (χ3v) is 5.99. The number of nitrogens with zero attached hydrogens (tertiary/aromatic N) is 2. The maximum Gasteiger partial charge on any atom is 0.407 e. The normalized spacial score (nSPS) is 25.6. The highest BCUT2D eigenvalue weighted by Gasteiger charge is 2.46. The molecule has 1 amide bonds. The molecule has 2 aromatic rings. The maximum atomic E-state index is 11.8. The fourth-order valence-electron chi connectivity index (χ4n) is 4.72. The minimum Gasteiger partial charge on any atom is -0.465 e. The van der Waals surface area contributed by atoms with Crippen LogP contribution in [0.5, 0.6) is 0 Å². The van der Waals surface area contributed by atoms with E-state index in [-0.39, 0.29) is 24.1 Å². The number of amides is 1. The van der Waals surface area contributed by atoms with Crippen molar-refractivity contribution in [1.29, 1.82) is 0 Å². The second-order valence-electron chi connectivity index (χ2n) is 7.50. The summed E-state index contributed by atoms with van der Waals surface area (Å²) in [6.45, 7) is 1.92. The van der Waals surface area contributed by atoms with Gasteiger partial charge >= 0.3 is 6.09 Å². The Balaban J connectivity index is 1.75. The van der Waals surface area contributed by atoms with E-state index in [0.29, 0.717) is 13.1 Å². The highest BCUT2D eigenvalue weighted by atomic mass is 16.5. The Morgan fingerprint density at radius 2 is 1.59 bits per heavy atom. The number of ether oxygens (including phenoxy) is 1. The summed E-state index contributed by atoms with van der Waals surface area (Å²) in [6.07, 6.45) is 0.214. The van der Waals surface area contributed by atoms with Crippen LogP contribution in [0.15, 0.2) is 60.7 Å². The Labute approximate surface area is 160 Å². The zero-order valence-corrected chi connectivity index (χ0v) is 15.6. The molecule has 4 rings (SSSR count). The minimum atomic E-state index is -0.833. The van der Waals surface area contributed by atoms with Gasteiger partial charge in [0.05, 0.1) is 6.10 Å². The largest absolute Gasteiger partial charge is 0.465 e. The molecule has 3 atom stereocenters. The van der Waals surface area contributed by atoms with Gasteiger partial charge < -0.3 is 14.7 Å². The van der Waals surface area contributed by atoms with E-state index >= 15 is 0 Å². The first-order valence-corrected chi connectivity index (χ1v) is 9.53. The number of benzene rings is 2. The topological polar surface area (TPSA) is 53.0 Å². The molecule has 2 fully saturated rings. The second kappa shape index (κ2) is 7.71. The number of carbonyl (C=O) groups is 1. The third kappa shape index (κ3) is 3.57. The molecule has 2 aliphatic heterocycles. The molecule has 2 saturated heterocycles. The summed E-state index contributed by atoms with van der Waals surface area (Å²) in [6, 6.07) is 21.2. The van der Waals surface area contributed by atoms with Crippen molar-refractivity contribution in [2.24, 2.45) is 0 Å². The van der Waals surface area contributed by atoms with Crippen LogP contribution in [0.3, 0.4) is 0 Å². The lowest BCUT2D eigenvalue weighted by atomic mass is 9.82. The van der Waals surface area contributed by atoms with Crippen LogP contribution in [-0.2, 0) is 4.74 Å². The molecule has 27 heavy (non-hydrogen) atoms. The lowest BCUT2D eigenvalue weighted by molar-refractivity contribution is 0.0392. The van der Waals surface area contributed by atoms with Crippen molar-refractivity contribution < 1.29 is 14.6 Å². The van der Waals surface area contributed by atoms with Crippen LogP contribution in [0.1, 0.15) is 23.5 Å². The van der Waals surface area contributed by atoms with Crippen LogP contribution in [-0.4, -0.2) is 65.9 Å². The monoisotopic (exact) mass is 366 g/mol. The standard InChI is InChI=1S/C22H26N2O3/c1-27-19-12-18-13-23(22(25)26)15-20(24(18)14-19)21(16-8-4-2-5-9-16)17-10-6-3-7-11-17/h2-11,18-21H,12-15H2,1H3,(H,25,26)/t18-,19+,20+/m0/s1. The van der Waals surface area contributed by atoms with Gasteiger partial charge in [-0.05, 0) is 17.5 Å². The van der Waals surface area contributed by atoms with E-state index in [1.54, 1.807) is 12.0 Å². The van der Waals surface area contributed by atoms with Gasteiger partial charge in [-0.2, -0.15) is 0 Å². The summed E-state index contributed by atoms with van der Waals surface area (Å²) in [7, 11) is 1.75. The van der Waals surface area contributed by atoms with Crippen molar-refractivity contribution >= 4 is 6.09 Å². The highest BCUT2D eigenvalue weighted by molar-refractivity contribution is 5.65. The van der Waals surface area contributed by atoms with Gasteiger partial charge in [0.15, 0.2) is 0 Å². The van der Waals surface area contributed by atoms with Crippen LogP contribution in [0.2, 0.25) is 0 Å². The molecule has 5 heteroatoms. The van der Waals surface area contributed by atoms with Crippen LogP contribution < -0.4 is 0 Å². The molecule has 0 aromatic heterocycles. The zero-order valence-electron chi connectivity index (χ0n) is 15.6. The Morgan fingerprint density at radius 1 is 1.00 bits per heavy atom. The van der Waals surface area contributed by atoms with Crippen LogP contribution in [0, 0.1) is 0 Å². The Hall–Kier alpha value is -2.37. The van der Waals surface area contributed by atoms with E-state index in [2.05, 4.69) is 53.4 Å². The Kier molecular flexibility index (Phi) is 5.14. The summed E-state index contributed by atoms with van der Waals surface area (Å²) in [5.41, 5.74) is 2.45. The van der Waals surface area contributed by atoms with E-state index in [9.17, 15) is 9.90 Å². The van der Waals surface area contributed by atoms with Crippen LogP contribution in [0.25, 0.3) is 0 Å². The quantitative estimate of drug-likeness (QED) is 0.902. The van der Waals surface area contributed by atoms with Crippen LogP contribution >= 0.6 is 0 Å². The minimum absolute atomic E-state index is 0.0878. The van der Waals surface area contributed by atoms with Gasteiger partial charge in [0.25, 0.3) is 0 Å². The van der Waals surface area contributed by atoms with Crippen molar-refractivity contribution in [2.75, 3.05) is 26.7 Å². The summed E-state index contributed by atoms with van der Waals surface area (Å²) in [5, 5.41) is 9.70. The molecule has 0 radical (unpaired) electrons. The molecule has 2 aliphatic rings. The average Bonchev–Trinajstić information content (AvgIpc) is 3.13. The van der Waals surface area contributed by atoms with Gasteiger partial charge in [-0.1, -0.05) is 60.7 Å². The second-order valence-corrected chi connectivity index (χ2v) is 7.50. The molecule has 2 aromatic carbocycles. The van der Waals surface area contributed by atoms with E-state index < -0.39 is 6.09 Å². The fraction of sp³-hybridized carbons (Fsp3) is 0.409. The third-order valence-electron chi connectivity index (χ3n) is 5.99. The lowest BCUT2D eigenvalue weighted by Crippen LogP contribution is -2.59. The number of rotatable bonds is 4. The van der Waals surface area contributed by atoms with Crippen molar-refractivity contribution in [2.45, 2.75) is 30.5 Å². The molecule has 142 valence electrons. The van der Waals surface area contributed by atoms with Gasteiger partial charge in [0.2, 0.25) is 0 Å². The molecule has 0 aliphatic carbocycles. The fourth-order valence-corrected chi connectivity index (χ4v) is 4.72. The molecule has 5 nitrogen and oxygen atoms in total. The van der Waals surface area contributed by atoms with Crippen molar-refractivity contribution in [3.63, 3.8) is 0 Å². The molecule has 0 bridgehead atoms. The first kappa shape index (κ1) is 18.0. The van der Waals surface area contributed by atoms with E-state index in [0.717, 1.165) is 13.0 Å². The van der Waals surface area contributed by atoms with E-state index in [4.69, 9.17) is 4.74 Å². The highest BCUT2D eigenvalue weighted by Crippen LogP contribution is 2.38. The SMILES string of the molecule is CO[C@@H]1C[C@H]2CN(C(=O)O)C[C@H](C(c3ccccc3)c3ccccc3)N2C1. The van der Waals surface area contributed by atoms with E-state index in [1.165, 1.54) is 11.1 Å². The predicted octanol–water partition coefficient (Wildman–Crippen LogP) is 3.27. The summed E-state index contributed by atoms with van der Waals surface area (Å²) in [4.78, 5) is 15.9. The average molecular weight is 366 g/mol. The number of methoxy groups -OCH3 is 1. The number of hydrogen-bond donors (Lipinski definition) is 1. The van der Waals surface area contributed by atoms with Crippen molar-refractivity contribution in [3.05, 3.63) is 71.8 Å². The molecule has 0 spiro atoms. The molecular formula is C22H26N2O3. The first-order valence-electron chi connectivity index (χ1n) is 9.53. The van der Waals surface area contributed by atoms with Crippen molar-refractivity contribution in [3.8, 4) is 0 Å². The number of fused-ring (bicyclic) bond motifs is 1. The smallest absolute Gasteiger partial charge is 0.407 e. The predicted molar refractivity (Wildman–Crippen MR) is 104 cm³/mol. The molecule has 2 heterocycles. The maximum absolute atomic E-state index is 11.8. The molecule has 1 N–H and O–H groups in total. The Bertz CT molecular complexity index is 728. The van der Waals surface area contributed by atoms with Gasteiger partial charge in [-0.25, -0.2) is 4.79 Å². The summed E-state index contributed by atoms with van der Waals surface area (Å²) >= 11 is 0. The van der Waals surface area contributed by atoms with Crippen LogP contribution in [0.4, 0.5) is 4.79 Å². The number of hydrogen-bond acceptors (Lipinski definition) is 3. The van der Waals surface area contributed by atoms with Gasteiger partial charge in [-0.15, -0.1) is 0 Å². The molecular weight excluding hydrogens is 340 g/mol. The summed E-state index contributed by atoms with van der Waals surface area (Å²) < 4.78 is 5.63. The molecule has 0 unspecified atom stereocenters. The van der Waals surface area contributed by atoms with Gasteiger partial charge in [-0.3, -0.25) is 4.90 Å². The summed E-state index contributed by atoms with van der Waals surface area (Å²) in [5.74, 6) is 0.118. The van der Waals surface area contributed by atoms with Gasteiger partial charge in [0.1, 0.15) is 0 Å². The number of piperazine rings is 1. The lowest BCUT2D eigenvalue weighted by Gasteiger charge is -2.46. The molecule has 0 saturated carbocycles. The van der Waals surface area contributed by atoms with Gasteiger partial charge in [0, 0.05) is 44.7 Å². The number of carboxylic acid groups (broad SMARTS) is 1. The first-order chi connectivity index (χ1) is 13.2. The zero-order chi connectivity index (χ0) is 18.8. The van der Waals surface area contributed by atoms with Crippen molar-refractivity contribution in [1.82, 2.24) is 9.80 Å². The Morgan fingerprint density at radius 3 is 2.11 bits per heavy atom.